The molecule has 0 atom stereocenters. The Morgan fingerprint density at radius 2 is 1.87 bits per heavy atom. The number of rotatable bonds is 5. The summed E-state index contributed by atoms with van der Waals surface area (Å²) < 4.78 is 30.7. The third kappa shape index (κ3) is 3.74. The molecule has 120 valence electrons. The van der Waals surface area contributed by atoms with Crippen molar-refractivity contribution in [1.82, 2.24) is 0 Å². The fourth-order valence-corrected chi connectivity index (χ4v) is 2.16. The van der Waals surface area contributed by atoms with Crippen LogP contribution in [0.3, 0.4) is 0 Å². The molecule has 0 aliphatic heterocycles. The van der Waals surface area contributed by atoms with Gasteiger partial charge in [0.15, 0.2) is 11.5 Å². The summed E-state index contributed by atoms with van der Waals surface area (Å²) in [5.41, 5.74) is 2.60. The van der Waals surface area contributed by atoms with Crippen LogP contribution in [0, 0.1) is 19.7 Å². The molecule has 3 nitrogen and oxygen atoms in total. The SMILES string of the molecule is COc1cc(C(=O)/C=C/c2ccc(F)cc2OF)cc(C)c1C. The predicted octanol–water partition coefficient (Wildman–Crippen LogP) is 4.61. The fourth-order valence-electron chi connectivity index (χ4n) is 2.16. The highest BCUT2D eigenvalue weighted by atomic mass is 19.3. The van der Waals surface area contributed by atoms with Crippen molar-refractivity contribution in [2.75, 3.05) is 7.11 Å². The van der Waals surface area contributed by atoms with Gasteiger partial charge in [-0.2, -0.15) is 0 Å². The minimum Gasteiger partial charge on any atom is -0.496 e. The number of ketones is 1. The van der Waals surface area contributed by atoms with Crippen LogP contribution in [0.4, 0.5) is 8.92 Å². The molecule has 0 aromatic heterocycles. The van der Waals surface area contributed by atoms with E-state index in [9.17, 15) is 13.7 Å². The third-order valence-corrected chi connectivity index (χ3v) is 3.60. The number of carbonyl (C=O) groups excluding carboxylic acids is 1. The summed E-state index contributed by atoms with van der Waals surface area (Å²) in [6.07, 6.45) is 2.65. The largest absolute Gasteiger partial charge is 0.496 e. The van der Waals surface area contributed by atoms with Gasteiger partial charge in [0.1, 0.15) is 11.6 Å². The van der Waals surface area contributed by atoms with Crippen LogP contribution < -0.4 is 9.68 Å². The molecule has 2 aromatic rings. The van der Waals surface area contributed by atoms with Crippen LogP contribution >= 0.6 is 0 Å². The second kappa shape index (κ2) is 7.05. The van der Waals surface area contributed by atoms with Gasteiger partial charge in [-0.25, -0.2) is 4.39 Å². The second-order valence-electron chi connectivity index (χ2n) is 5.08. The Morgan fingerprint density at radius 1 is 1.13 bits per heavy atom. The molecule has 0 unspecified atom stereocenters. The van der Waals surface area contributed by atoms with Crippen LogP contribution in [0.15, 0.2) is 36.4 Å². The molecule has 0 saturated heterocycles. The van der Waals surface area contributed by atoms with Gasteiger partial charge in [0.05, 0.1) is 7.11 Å². The van der Waals surface area contributed by atoms with E-state index in [0.29, 0.717) is 11.3 Å². The average Bonchev–Trinajstić information content (AvgIpc) is 2.55. The number of aryl methyl sites for hydroxylation is 1. The summed E-state index contributed by atoms with van der Waals surface area (Å²) in [5, 5.41) is 0. The van der Waals surface area contributed by atoms with Crippen molar-refractivity contribution in [2.45, 2.75) is 13.8 Å². The molecule has 2 aromatic carbocycles. The smallest absolute Gasteiger partial charge is 0.186 e. The number of methoxy groups -OCH3 is 1. The lowest BCUT2D eigenvalue weighted by molar-refractivity contribution is -0.00679. The first-order valence-electron chi connectivity index (χ1n) is 6.92. The zero-order chi connectivity index (χ0) is 17.0. The predicted molar refractivity (Wildman–Crippen MR) is 84.0 cm³/mol. The van der Waals surface area contributed by atoms with Crippen LogP contribution in [0.2, 0.25) is 0 Å². The Morgan fingerprint density at radius 3 is 2.52 bits per heavy atom. The Kier molecular flexibility index (Phi) is 5.11. The Balaban J connectivity index is 2.30. The van der Waals surface area contributed by atoms with E-state index in [1.807, 2.05) is 13.8 Å². The minimum absolute atomic E-state index is 0.262. The maximum absolute atomic E-state index is 13.0. The monoisotopic (exact) mass is 318 g/mol. The molecule has 0 heterocycles. The van der Waals surface area contributed by atoms with Gasteiger partial charge in [-0.15, -0.1) is 0 Å². The van der Waals surface area contributed by atoms with Crippen molar-refractivity contribution in [3.8, 4) is 11.5 Å². The van der Waals surface area contributed by atoms with Crippen molar-refractivity contribution < 1.29 is 23.4 Å². The molecule has 5 heteroatoms. The molecule has 0 bridgehead atoms. The summed E-state index contributed by atoms with van der Waals surface area (Å²) in [6, 6.07) is 6.79. The maximum Gasteiger partial charge on any atom is 0.186 e. The molecule has 0 spiro atoms. The Bertz CT molecular complexity index is 767. The van der Waals surface area contributed by atoms with E-state index in [1.54, 1.807) is 12.1 Å². The first-order valence-corrected chi connectivity index (χ1v) is 6.92. The van der Waals surface area contributed by atoms with Crippen LogP contribution in [0.5, 0.6) is 11.5 Å². The summed E-state index contributed by atoms with van der Waals surface area (Å²) in [5.74, 6) is -0.566. The fraction of sp³-hybridized carbons (Fsp3) is 0.167. The highest BCUT2D eigenvalue weighted by Crippen LogP contribution is 2.25. The number of hydrogen-bond donors (Lipinski definition) is 0. The lowest BCUT2D eigenvalue weighted by atomic mass is 10.0. The zero-order valence-electron chi connectivity index (χ0n) is 13.0. The molecule has 0 fully saturated rings. The van der Waals surface area contributed by atoms with Crippen molar-refractivity contribution in [3.05, 3.63) is 64.5 Å². The van der Waals surface area contributed by atoms with Gasteiger partial charge in [-0.1, -0.05) is 0 Å². The molecular weight excluding hydrogens is 302 g/mol. The highest BCUT2D eigenvalue weighted by Gasteiger charge is 2.10. The molecule has 23 heavy (non-hydrogen) atoms. The summed E-state index contributed by atoms with van der Waals surface area (Å²) in [4.78, 5) is 15.9. The van der Waals surface area contributed by atoms with E-state index in [4.69, 9.17) is 4.74 Å². The first-order chi connectivity index (χ1) is 11.0. The van der Waals surface area contributed by atoms with Crippen LogP contribution in [-0.2, 0) is 0 Å². The Labute approximate surface area is 133 Å². The summed E-state index contributed by atoms with van der Waals surface area (Å²) in [6.45, 7) is 3.79. The lowest BCUT2D eigenvalue weighted by Gasteiger charge is -2.09. The molecule has 0 aliphatic rings. The van der Waals surface area contributed by atoms with E-state index in [-0.39, 0.29) is 17.1 Å². The normalized spacial score (nSPS) is 10.8. The van der Waals surface area contributed by atoms with Crippen LogP contribution in [0.25, 0.3) is 6.08 Å². The molecule has 0 aliphatic carbocycles. The second-order valence-corrected chi connectivity index (χ2v) is 5.08. The molecule has 0 amide bonds. The van der Waals surface area contributed by atoms with E-state index < -0.39 is 5.82 Å². The minimum atomic E-state index is -0.625. The first kappa shape index (κ1) is 16.7. The van der Waals surface area contributed by atoms with Gasteiger partial charge in [-0.3, -0.25) is 9.74 Å². The van der Waals surface area contributed by atoms with Gasteiger partial charge in [0.2, 0.25) is 0 Å². The van der Waals surface area contributed by atoms with Crippen molar-refractivity contribution in [3.63, 3.8) is 0 Å². The maximum atomic E-state index is 13.0. The van der Waals surface area contributed by atoms with E-state index in [0.717, 1.165) is 23.3 Å². The lowest BCUT2D eigenvalue weighted by Crippen LogP contribution is -1.99. The summed E-state index contributed by atoms with van der Waals surface area (Å²) >= 11 is 0. The average molecular weight is 318 g/mol. The molecule has 0 saturated carbocycles. The van der Waals surface area contributed by atoms with E-state index in [2.05, 4.69) is 4.94 Å². The van der Waals surface area contributed by atoms with Gasteiger partial charge in [0.25, 0.3) is 0 Å². The van der Waals surface area contributed by atoms with Gasteiger partial charge >= 0.3 is 0 Å². The van der Waals surface area contributed by atoms with Crippen LogP contribution in [-0.4, -0.2) is 12.9 Å². The van der Waals surface area contributed by atoms with Crippen LogP contribution in [0.1, 0.15) is 27.0 Å². The topological polar surface area (TPSA) is 35.5 Å². The van der Waals surface area contributed by atoms with Crippen molar-refractivity contribution >= 4 is 11.9 Å². The quantitative estimate of drug-likeness (QED) is 0.596. The zero-order valence-corrected chi connectivity index (χ0v) is 13.0. The number of halogens is 2. The van der Waals surface area contributed by atoms with Crippen molar-refractivity contribution in [2.24, 2.45) is 0 Å². The number of hydrogen-bond acceptors (Lipinski definition) is 3. The summed E-state index contributed by atoms with van der Waals surface area (Å²) in [7, 11) is 1.54. The standard InChI is InChI=1S/C18H16F2O3/c1-11-8-14(9-17(22-3)12(11)2)16(21)7-5-13-4-6-15(19)10-18(13)23-20/h4-10H,1-3H3/b7-5+. The molecule has 0 N–H and O–H groups in total. The van der Waals surface area contributed by atoms with E-state index in [1.165, 1.54) is 25.3 Å². The highest BCUT2D eigenvalue weighted by molar-refractivity contribution is 6.07. The third-order valence-electron chi connectivity index (χ3n) is 3.60. The Hall–Kier alpha value is -2.69. The number of allylic oxidation sites excluding steroid dienone is 1. The van der Waals surface area contributed by atoms with Gasteiger partial charge < -0.3 is 4.74 Å². The number of ether oxygens (including phenoxy) is 1. The number of carbonyl (C=O) groups is 1. The van der Waals surface area contributed by atoms with Gasteiger partial charge in [-0.05, 0) is 61.4 Å². The molecule has 2 rings (SSSR count). The molecular formula is C18H16F2O3. The molecule has 0 radical (unpaired) electrons. The van der Waals surface area contributed by atoms with Gasteiger partial charge in [0, 0.05) is 21.7 Å². The number of benzene rings is 2. The van der Waals surface area contributed by atoms with E-state index >= 15 is 0 Å². The van der Waals surface area contributed by atoms with Crippen molar-refractivity contribution in [1.29, 1.82) is 0 Å².